The second kappa shape index (κ2) is 8.16. The molecule has 2 amide bonds. The van der Waals surface area contributed by atoms with Gasteiger partial charge in [0.15, 0.2) is 0 Å². The zero-order chi connectivity index (χ0) is 19.7. The molecule has 4 aliphatic rings. The molecule has 154 valence electrons. The molecule has 9 nitrogen and oxygen atoms in total. The molecule has 2 bridgehead atoms. The highest BCUT2D eigenvalue weighted by atomic mass is 16.5. The number of aromatic nitrogens is 3. The summed E-state index contributed by atoms with van der Waals surface area (Å²) in [5.41, 5.74) is 6.25. The second-order valence-electron chi connectivity index (χ2n) is 8.41. The molecule has 1 aromatic rings. The molecule has 28 heavy (non-hydrogen) atoms. The smallest absolute Gasteiger partial charge is 0.227 e. The summed E-state index contributed by atoms with van der Waals surface area (Å²) in [6.45, 7) is 4.45. The number of primary amides is 1. The molecular weight excluding hydrogens is 360 g/mol. The minimum absolute atomic E-state index is 0.0781. The number of nitrogens with two attached hydrogens (primary N) is 1. The Morgan fingerprint density at radius 2 is 2.04 bits per heavy atom. The normalized spacial score (nSPS) is 30.5. The van der Waals surface area contributed by atoms with Crippen LogP contribution in [0.1, 0.15) is 31.4 Å². The largest absolute Gasteiger partial charge is 0.378 e. The summed E-state index contributed by atoms with van der Waals surface area (Å²) in [7, 11) is 1.65. The number of rotatable bonds is 6. The minimum Gasteiger partial charge on any atom is -0.378 e. The van der Waals surface area contributed by atoms with Gasteiger partial charge in [-0.15, -0.1) is 5.10 Å². The van der Waals surface area contributed by atoms with Gasteiger partial charge in [0.05, 0.1) is 25.3 Å². The van der Waals surface area contributed by atoms with E-state index in [1.165, 1.54) is 0 Å². The van der Waals surface area contributed by atoms with Gasteiger partial charge in [-0.3, -0.25) is 19.2 Å². The fourth-order valence-corrected chi connectivity index (χ4v) is 5.08. The number of methoxy groups -OCH3 is 1. The Bertz CT molecular complexity index is 714. The third kappa shape index (κ3) is 3.91. The third-order valence-electron chi connectivity index (χ3n) is 6.68. The van der Waals surface area contributed by atoms with Gasteiger partial charge in [-0.25, -0.2) is 0 Å². The predicted octanol–water partition coefficient (Wildman–Crippen LogP) is -0.141. The van der Waals surface area contributed by atoms with Gasteiger partial charge in [-0.1, -0.05) is 5.21 Å². The van der Waals surface area contributed by atoms with Crippen molar-refractivity contribution in [2.24, 2.45) is 23.5 Å². The molecule has 0 spiro atoms. The summed E-state index contributed by atoms with van der Waals surface area (Å²) in [4.78, 5) is 28.9. The molecule has 0 aliphatic carbocycles. The first-order chi connectivity index (χ1) is 13.5. The van der Waals surface area contributed by atoms with E-state index in [0.29, 0.717) is 44.5 Å². The molecular formula is C19H30N6O3. The summed E-state index contributed by atoms with van der Waals surface area (Å²) in [5.74, 6) is 0.456. The van der Waals surface area contributed by atoms with Crippen LogP contribution in [-0.4, -0.2) is 75.9 Å². The Morgan fingerprint density at radius 1 is 1.25 bits per heavy atom. The third-order valence-corrected chi connectivity index (χ3v) is 6.68. The molecule has 5 rings (SSSR count). The highest BCUT2D eigenvalue weighted by Crippen LogP contribution is 2.38. The summed E-state index contributed by atoms with van der Waals surface area (Å²) >= 11 is 0. The first-order valence-corrected chi connectivity index (χ1v) is 10.2. The number of ether oxygens (including phenoxy) is 1. The van der Waals surface area contributed by atoms with Crippen LogP contribution in [-0.2, 0) is 27.5 Å². The Labute approximate surface area is 165 Å². The van der Waals surface area contributed by atoms with Crippen LogP contribution < -0.4 is 5.73 Å². The number of nitrogens with zero attached hydrogens (tertiary/aromatic N) is 5. The van der Waals surface area contributed by atoms with E-state index in [2.05, 4.69) is 15.2 Å². The average molecular weight is 390 g/mol. The zero-order valence-corrected chi connectivity index (χ0v) is 16.5. The van der Waals surface area contributed by atoms with Crippen LogP contribution in [0.15, 0.2) is 6.20 Å². The van der Waals surface area contributed by atoms with Crippen molar-refractivity contribution < 1.29 is 14.3 Å². The molecule has 5 heterocycles. The zero-order valence-electron chi connectivity index (χ0n) is 16.5. The van der Waals surface area contributed by atoms with Crippen molar-refractivity contribution >= 4 is 11.8 Å². The van der Waals surface area contributed by atoms with E-state index in [-0.39, 0.29) is 23.7 Å². The quantitative estimate of drug-likeness (QED) is 0.725. The maximum Gasteiger partial charge on any atom is 0.227 e. The molecule has 4 fully saturated rings. The maximum absolute atomic E-state index is 13.1. The van der Waals surface area contributed by atoms with Crippen LogP contribution in [0.4, 0.5) is 0 Å². The summed E-state index contributed by atoms with van der Waals surface area (Å²) in [6.07, 6.45) is 5.44. The van der Waals surface area contributed by atoms with Gasteiger partial charge < -0.3 is 15.4 Å². The van der Waals surface area contributed by atoms with E-state index in [1.807, 2.05) is 15.8 Å². The fraction of sp³-hybridized carbons (Fsp3) is 0.789. The van der Waals surface area contributed by atoms with Crippen molar-refractivity contribution in [3.63, 3.8) is 0 Å². The molecule has 2 N–H and O–H groups in total. The fourth-order valence-electron chi connectivity index (χ4n) is 5.08. The van der Waals surface area contributed by atoms with Crippen molar-refractivity contribution in [2.75, 3.05) is 33.3 Å². The van der Waals surface area contributed by atoms with Crippen LogP contribution in [0.25, 0.3) is 0 Å². The van der Waals surface area contributed by atoms with Gasteiger partial charge in [-0.2, -0.15) is 0 Å². The van der Waals surface area contributed by atoms with Crippen molar-refractivity contribution in [3.05, 3.63) is 11.9 Å². The number of hydrogen-bond acceptors (Lipinski definition) is 6. The number of likely N-dealkylation sites (tertiary alicyclic amines) is 1. The van der Waals surface area contributed by atoms with Gasteiger partial charge in [0, 0.05) is 38.7 Å². The van der Waals surface area contributed by atoms with E-state index < -0.39 is 0 Å². The van der Waals surface area contributed by atoms with E-state index >= 15 is 0 Å². The number of carbonyl (C=O) groups excluding carboxylic acids is 2. The van der Waals surface area contributed by atoms with E-state index in [1.54, 1.807) is 7.11 Å². The van der Waals surface area contributed by atoms with Crippen molar-refractivity contribution in [2.45, 2.75) is 44.9 Å². The molecule has 0 saturated carbocycles. The number of hydrogen-bond donors (Lipinski definition) is 1. The van der Waals surface area contributed by atoms with Crippen molar-refractivity contribution in [3.8, 4) is 0 Å². The molecule has 1 aromatic heterocycles. The van der Waals surface area contributed by atoms with Gasteiger partial charge >= 0.3 is 0 Å². The molecule has 0 radical (unpaired) electrons. The maximum atomic E-state index is 13.1. The van der Waals surface area contributed by atoms with E-state index in [0.717, 1.165) is 38.2 Å². The van der Waals surface area contributed by atoms with Gasteiger partial charge in [0.1, 0.15) is 5.69 Å². The van der Waals surface area contributed by atoms with E-state index in [9.17, 15) is 9.59 Å². The van der Waals surface area contributed by atoms with Gasteiger partial charge in [0.2, 0.25) is 11.8 Å². The van der Waals surface area contributed by atoms with Crippen LogP contribution in [0, 0.1) is 17.8 Å². The number of piperidine rings is 4. The van der Waals surface area contributed by atoms with Crippen molar-refractivity contribution in [1.82, 2.24) is 24.8 Å². The monoisotopic (exact) mass is 390 g/mol. The minimum atomic E-state index is -0.237. The molecule has 4 saturated heterocycles. The highest BCUT2D eigenvalue weighted by molar-refractivity contribution is 5.81. The Hall–Kier alpha value is -2.00. The lowest BCUT2D eigenvalue weighted by Gasteiger charge is -2.50. The molecule has 0 aromatic carbocycles. The molecule has 4 atom stereocenters. The van der Waals surface area contributed by atoms with Crippen LogP contribution in [0.3, 0.4) is 0 Å². The van der Waals surface area contributed by atoms with Crippen molar-refractivity contribution in [1.29, 1.82) is 0 Å². The van der Waals surface area contributed by atoms with Crippen LogP contribution >= 0.6 is 0 Å². The number of fused-ring (bicyclic) bond motifs is 3. The highest BCUT2D eigenvalue weighted by Gasteiger charge is 2.45. The van der Waals surface area contributed by atoms with Crippen LogP contribution in [0.2, 0.25) is 0 Å². The SMILES string of the molecule is COCc1cn(CC2CC3CCN2CC3C(=O)N2CCC(C(N)=O)CC2)nn1. The second-order valence-corrected chi connectivity index (χ2v) is 8.41. The number of carbonyl (C=O) groups is 2. The Morgan fingerprint density at radius 3 is 2.68 bits per heavy atom. The summed E-state index contributed by atoms with van der Waals surface area (Å²) in [6, 6.07) is 0.403. The standard InChI is InChI=1S/C19H30N6O3/c1-28-12-15-9-25(22-21-15)10-16-8-14-4-7-24(16)11-17(14)19(27)23-5-2-13(3-6-23)18(20)26/h9,13-14,16-17H,2-8,10-12H2,1H3,(H2,20,26). The molecule has 4 aliphatic heterocycles. The predicted molar refractivity (Wildman–Crippen MR) is 101 cm³/mol. The average Bonchev–Trinajstić information content (AvgIpc) is 3.15. The van der Waals surface area contributed by atoms with E-state index in [4.69, 9.17) is 10.5 Å². The molecule has 9 heteroatoms. The topological polar surface area (TPSA) is 107 Å². The van der Waals surface area contributed by atoms with Crippen LogP contribution in [0.5, 0.6) is 0 Å². The Balaban J connectivity index is 1.33. The van der Waals surface area contributed by atoms with Gasteiger partial charge in [0.25, 0.3) is 0 Å². The summed E-state index contributed by atoms with van der Waals surface area (Å²) in [5, 5.41) is 8.34. The summed E-state index contributed by atoms with van der Waals surface area (Å²) < 4.78 is 7.00. The first kappa shape index (κ1) is 19.3. The lowest BCUT2D eigenvalue weighted by Crippen LogP contribution is -2.59. The molecule has 4 unspecified atom stereocenters. The Kier molecular flexibility index (Phi) is 5.63. The van der Waals surface area contributed by atoms with Gasteiger partial charge in [-0.05, 0) is 38.1 Å². The number of amides is 2. The lowest BCUT2D eigenvalue weighted by molar-refractivity contribution is -0.146. The first-order valence-electron chi connectivity index (χ1n) is 10.2. The lowest BCUT2D eigenvalue weighted by atomic mass is 9.74.